The highest BCUT2D eigenvalue weighted by molar-refractivity contribution is 5.89. The van der Waals surface area contributed by atoms with Crippen molar-refractivity contribution in [2.75, 3.05) is 0 Å². The largest absolute Gasteiger partial charge is 0.371 e. The van der Waals surface area contributed by atoms with Crippen molar-refractivity contribution in [3.8, 4) is 0 Å². The molecule has 38 valence electrons. The molecule has 0 spiro atoms. The molecule has 0 aliphatic heterocycles. The summed E-state index contributed by atoms with van der Waals surface area (Å²) in [7, 11) is 0. The summed E-state index contributed by atoms with van der Waals surface area (Å²) < 4.78 is 0. The molecule has 7 heavy (non-hydrogen) atoms. The maximum Gasteiger partial charge on any atom is 0.371 e. The first-order chi connectivity index (χ1) is 3.18. The van der Waals surface area contributed by atoms with Gasteiger partial charge in [0.15, 0.2) is 0 Å². The minimum absolute atomic E-state index is 0.583. The zero-order valence-corrected chi connectivity index (χ0v) is 4.01. The molecular formula is C4H6N2O. The van der Waals surface area contributed by atoms with E-state index in [1.807, 2.05) is 0 Å². The summed E-state index contributed by atoms with van der Waals surface area (Å²) in [6.45, 7) is 7.62. The molecule has 0 aromatic heterocycles. The third-order valence-corrected chi connectivity index (χ3v) is 0.500. The molecule has 0 aromatic rings. The summed E-state index contributed by atoms with van der Waals surface area (Å²) in [6.07, 6.45) is 0. The minimum atomic E-state index is -0.627. The molecule has 0 bridgehead atoms. The summed E-state index contributed by atoms with van der Waals surface area (Å²) in [5, 5.41) is 0. The first kappa shape index (κ1) is 6.12. The summed E-state index contributed by atoms with van der Waals surface area (Å²) in [4.78, 5) is 12.6. The number of hydrogen-bond acceptors (Lipinski definition) is 2. The summed E-state index contributed by atoms with van der Waals surface area (Å²) >= 11 is 0. The van der Waals surface area contributed by atoms with E-state index in [1.54, 1.807) is 0 Å². The molecule has 0 aromatic carbocycles. The van der Waals surface area contributed by atoms with Gasteiger partial charge in [-0.1, -0.05) is 6.92 Å². The van der Waals surface area contributed by atoms with Gasteiger partial charge >= 0.3 is 5.91 Å². The second kappa shape index (κ2) is 2.32. The Bertz CT molecular complexity index is 111. The highest BCUT2D eigenvalue weighted by Crippen LogP contribution is 1.77. The lowest BCUT2D eigenvalue weighted by atomic mass is 10.4. The Morgan fingerprint density at radius 1 is 2.00 bits per heavy atom. The van der Waals surface area contributed by atoms with Crippen molar-refractivity contribution in [2.45, 2.75) is 13.0 Å². The molecule has 1 amide bonds. The van der Waals surface area contributed by atoms with E-state index in [2.05, 4.69) is 4.85 Å². The lowest BCUT2D eigenvalue weighted by Crippen LogP contribution is -2.23. The van der Waals surface area contributed by atoms with Crippen LogP contribution in [0.25, 0.3) is 4.85 Å². The Balaban J connectivity index is 3.64. The summed E-state index contributed by atoms with van der Waals surface area (Å²) in [5.41, 5.74) is 4.98. The topological polar surface area (TPSA) is 47.5 Å². The molecule has 0 aliphatic carbocycles. The molecule has 0 fully saturated rings. The molecule has 0 saturated heterocycles. The molecule has 0 unspecified atom stereocenters. The molecule has 0 rings (SSSR count). The van der Waals surface area contributed by atoms with Gasteiger partial charge in [0.2, 0.25) is 0 Å². The van der Waals surface area contributed by atoms with Crippen molar-refractivity contribution in [3.63, 3.8) is 0 Å². The fourth-order valence-electron chi connectivity index (χ4n) is 0.102. The van der Waals surface area contributed by atoms with Crippen LogP contribution in [0.5, 0.6) is 0 Å². The third-order valence-electron chi connectivity index (χ3n) is 0.500. The van der Waals surface area contributed by atoms with Gasteiger partial charge in [-0.2, -0.15) is 4.85 Å². The van der Waals surface area contributed by atoms with Gasteiger partial charge in [0, 0.05) is 0 Å². The van der Waals surface area contributed by atoms with E-state index in [9.17, 15) is 4.79 Å². The molecule has 0 radical (unpaired) electrons. The smallest absolute Gasteiger partial charge is 0.330 e. The minimum Gasteiger partial charge on any atom is -0.330 e. The first-order valence-corrected chi connectivity index (χ1v) is 1.85. The SMILES string of the molecule is [C-]#[N+]C(=O)[C@H](C)N. The highest BCUT2D eigenvalue weighted by Gasteiger charge is 2.03. The predicted octanol–water partition coefficient (Wildman–Crippen LogP) is -0.221. The van der Waals surface area contributed by atoms with Gasteiger partial charge in [-0.3, -0.25) is 0 Å². The van der Waals surface area contributed by atoms with Crippen LogP contribution in [-0.4, -0.2) is 11.9 Å². The molecule has 3 nitrogen and oxygen atoms in total. The van der Waals surface area contributed by atoms with E-state index in [0.29, 0.717) is 0 Å². The van der Waals surface area contributed by atoms with Crippen molar-refractivity contribution < 1.29 is 4.79 Å². The van der Waals surface area contributed by atoms with Gasteiger partial charge in [0.25, 0.3) is 0 Å². The van der Waals surface area contributed by atoms with Gasteiger partial charge in [-0.25, -0.2) is 0 Å². The van der Waals surface area contributed by atoms with Crippen molar-refractivity contribution in [2.24, 2.45) is 5.73 Å². The van der Waals surface area contributed by atoms with Crippen molar-refractivity contribution in [1.82, 2.24) is 0 Å². The number of carbonyl (C=O) groups is 1. The van der Waals surface area contributed by atoms with Gasteiger partial charge in [-0.15, -0.1) is 0 Å². The van der Waals surface area contributed by atoms with Crippen LogP contribution < -0.4 is 5.73 Å². The number of amides is 1. The average Bonchev–Trinajstić information content (AvgIpc) is 1.65. The number of carbonyl (C=O) groups excluding carboxylic acids is 1. The van der Waals surface area contributed by atoms with E-state index in [4.69, 9.17) is 12.3 Å². The molecule has 0 heterocycles. The second-order valence-corrected chi connectivity index (χ2v) is 1.24. The zero-order valence-electron chi connectivity index (χ0n) is 4.01. The Morgan fingerprint density at radius 2 is 2.43 bits per heavy atom. The normalized spacial score (nSPS) is 12.1. The van der Waals surface area contributed by atoms with E-state index in [-0.39, 0.29) is 0 Å². The Labute approximate surface area is 41.9 Å². The molecule has 0 saturated carbocycles. The molecule has 0 aliphatic rings. The van der Waals surface area contributed by atoms with Crippen LogP contribution in [0.15, 0.2) is 0 Å². The predicted molar refractivity (Wildman–Crippen MR) is 25.3 cm³/mol. The quantitative estimate of drug-likeness (QED) is 0.461. The highest BCUT2D eigenvalue weighted by atomic mass is 16.1. The van der Waals surface area contributed by atoms with Gasteiger partial charge < -0.3 is 10.5 Å². The Morgan fingerprint density at radius 3 is 2.43 bits per heavy atom. The van der Waals surface area contributed by atoms with E-state index in [0.717, 1.165) is 0 Å². The standard InChI is InChI=1S/C4H6N2O/c1-3(5)4(7)6-2/h3H,5H2,1H3/t3-/m0/s1. The van der Waals surface area contributed by atoms with E-state index >= 15 is 0 Å². The van der Waals surface area contributed by atoms with Gasteiger partial charge in [0.1, 0.15) is 0 Å². The van der Waals surface area contributed by atoms with Crippen LogP contribution in [0.3, 0.4) is 0 Å². The summed E-state index contributed by atoms with van der Waals surface area (Å²) in [6, 6.07) is -0.627. The van der Waals surface area contributed by atoms with Crippen LogP contribution in [0.2, 0.25) is 0 Å². The molecule has 1 atom stereocenters. The maximum absolute atomic E-state index is 10.0. The lowest BCUT2D eigenvalue weighted by Gasteiger charge is -1.89. The summed E-state index contributed by atoms with van der Waals surface area (Å²) in [5.74, 6) is -0.583. The first-order valence-electron chi connectivity index (χ1n) is 1.85. The number of rotatable bonds is 1. The van der Waals surface area contributed by atoms with Crippen LogP contribution >= 0.6 is 0 Å². The average molecular weight is 98.1 g/mol. The van der Waals surface area contributed by atoms with Crippen molar-refractivity contribution in [3.05, 3.63) is 11.4 Å². The monoisotopic (exact) mass is 98.0 g/mol. The maximum atomic E-state index is 10.0. The Kier molecular flexibility index (Phi) is 2.03. The van der Waals surface area contributed by atoms with Crippen molar-refractivity contribution in [1.29, 1.82) is 0 Å². The van der Waals surface area contributed by atoms with Crippen LogP contribution in [-0.2, 0) is 4.79 Å². The van der Waals surface area contributed by atoms with E-state index < -0.39 is 11.9 Å². The zero-order chi connectivity index (χ0) is 5.86. The van der Waals surface area contributed by atoms with Gasteiger partial charge in [0.05, 0.1) is 12.6 Å². The lowest BCUT2D eigenvalue weighted by molar-refractivity contribution is -0.115. The molecular weight excluding hydrogens is 92.1 g/mol. The van der Waals surface area contributed by atoms with Crippen LogP contribution in [0, 0.1) is 6.57 Å². The molecule has 3 heteroatoms. The van der Waals surface area contributed by atoms with Crippen LogP contribution in [0.4, 0.5) is 0 Å². The number of nitrogens with two attached hydrogens (primary N) is 1. The van der Waals surface area contributed by atoms with Crippen molar-refractivity contribution >= 4 is 5.91 Å². The fourth-order valence-corrected chi connectivity index (χ4v) is 0.102. The van der Waals surface area contributed by atoms with E-state index in [1.165, 1.54) is 6.92 Å². The number of hydrogen-bond donors (Lipinski definition) is 1. The van der Waals surface area contributed by atoms with Gasteiger partial charge in [-0.05, 0) is 0 Å². The second-order valence-electron chi connectivity index (χ2n) is 1.24. The third kappa shape index (κ3) is 1.90. The fraction of sp³-hybridized carbons (Fsp3) is 0.500. The number of nitrogens with zero attached hydrogens (tertiary/aromatic N) is 1. The Hall–Kier alpha value is -0.880. The molecule has 2 N–H and O–H groups in total. The van der Waals surface area contributed by atoms with Crippen LogP contribution in [0.1, 0.15) is 6.92 Å².